The minimum Gasteiger partial charge on any atom is -0.298 e. The van der Waals surface area contributed by atoms with Gasteiger partial charge in [0.05, 0.1) is 5.75 Å². The Morgan fingerprint density at radius 3 is 2.19 bits per heavy atom. The van der Waals surface area contributed by atoms with Crippen LogP contribution >= 0.6 is 11.8 Å². The number of aromatic nitrogens is 2. The van der Waals surface area contributed by atoms with Gasteiger partial charge >= 0.3 is 0 Å². The van der Waals surface area contributed by atoms with Crippen molar-refractivity contribution in [2.45, 2.75) is 39.8 Å². The highest BCUT2D eigenvalue weighted by molar-refractivity contribution is 7.99. The van der Waals surface area contributed by atoms with E-state index in [0.717, 1.165) is 11.4 Å². The van der Waals surface area contributed by atoms with E-state index in [1.807, 2.05) is 40.7 Å². The molecule has 0 aromatic carbocycles. The van der Waals surface area contributed by atoms with E-state index in [1.54, 1.807) is 0 Å². The maximum atomic E-state index is 11.7. The molecule has 0 atom stereocenters. The van der Waals surface area contributed by atoms with Gasteiger partial charge in [0.15, 0.2) is 5.16 Å². The fraction of sp³-hybridized carbons (Fsp3) is 0.583. The second-order valence-corrected chi connectivity index (χ2v) is 5.84. The highest BCUT2D eigenvalue weighted by Gasteiger charge is 2.21. The number of thioether (sulfide) groups is 1. The summed E-state index contributed by atoms with van der Waals surface area (Å²) in [7, 11) is 0. The minimum atomic E-state index is -0.286. The average molecular weight is 238 g/mol. The molecule has 0 aliphatic carbocycles. The maximum absolute atomic E-state index is 11.7. The third-order valence-corrected chi connectivity index (χ3v) is 2.98. The van der Waals surface area contributed by atoms with Crippen molar-refractivity contribution >= 4 is 17.5 Å². The first-order valence-electron chi connectivity index (χ1n) is 5.27. The summed E-state index contributed by atoms with van der Waals surface area (Å²) in [6.45, 7) is 9.66. The van der Waals surface area contributed by atoms with Crippen LogP contribution in [0.1, 0.15) is 32.2 Å². The van der Waals surface area contributed by atoms with E-state index < -0.39 is 0 Å². The molecule has 0 spiro atoms. The third-order valence-electron chi connectivity index (χ3n) is 2.13. The van der Waals surface area contributed by atoms with Crippen molar-refractivity contribution in [3.05, 3.63) is 17.5 Å². The fourth-order valence-electron chi connectivity index (χ4n) is 1.10. The Hall–Kier alpha value is -0.900. The van der Waals surface area contributed by atoms with Crippen molar-refractivity contribution in [2.24, 2.45) is 5.41 Å². The van der Waals surface area contributed by atoms with Crippen LogP contribution < -0.4 is 0 Å². The van der Waals surface area contributed by atoms with Gasteiger partial charge in [0, 0.05) is 16.8 Å². The number of carbonyl (C=O) groups excluding carboxylic acids is 1. The number of Topliss-reactive ketones (excluding diaryl/α,β-unsaturated/α-hetero) is 1. The predicted octanol–water partition coefficient (Wildman–Crippen LogP) is 2.80. The number of hydrogen-bond acceptors (Lipinski definition) is 4. The predicted molar refractivity (Wildman–Crippen MR) is 66.7 cm³/mol. The third kappa shape index (κ3) is 3.93. The van der Waals surface area contributed by atoms with Crippen molar-refractivity contribution < 1.29 is 4.79 Å². The summed E-state index contributed by atoms with van der Waals surface area (Å²) < 4.78 is 0. The first-order chi connectivity index (χ1) is 7.29. The van der Waals surface area contributed by atoms with E-state index >= 15 is 0 Å². The van der Waals surface area contributed by atoms with Gasteiger partial charge in [-0.1, -0.05) is 32.5 Å². The normalized spacial score (nSPS) is 11.6. The Morgan fingerprint density at radius 2 is 1.75 bits per heavy atom. The van der Waals surface area contributed by atoms with Crippen LogP contribution in [0.3, 0.4) is 0 Å². The van der Waals surface area contributed by atoms with Crippen LogP contribution in [0.2, 0.25) is 0 Å². The Kier molecular flexibility index (Phi) is 4.08. The summed E-state index contributed by atoms with van der Waals surface area (Å²) in [5, 5.41) is 0.690. The molecular formula is C12H18N2OS. The first-order valence-corrected chi connectivity index (χ1v) is 6.26. The zero-order valence-corrected chi connectivity index (χ0v) is 11.3. The molecule has 0 bridgehead atoms. The fourth-order valence-corrected chi connectivity index (χ4v) is 2.22. The van der Waals surface area contributed by atoms with Gasteiger partial charge in [-0.2, -0.15) is 0 Å². The smallest absolute Gasteiger partial charge is 0.188 e. The molecule has 1 heterocycles. The summed E-state index contributed by atoms with van der Waals surface area (Å²) in [5.41, 5.74) is 1.60. The Labute approximate surface area is 101 Å². The summed E-state index contributed by atoms with van der Waals surface area (Å²) >= 11 is 1.41. The van der Waals surface area contributed by atoms with Crippen LogP contribution in [0.4, 0.5) is 0 Å². The van der Waals surface area contributed by atoms with Gasteiger partial charge in [-0.05, 0) is 19.9 Å². The molecule has 0 N–H and O–H groups in total. The van der Waals surface area contributed by atoms with Crippen LogP contribution in [-0.4, -0.2) is 21.5 Å². The van der Waals surface area contributed by atoms with Crippen molar-refractivity contribution in [3.8, 4) is 0 Å². The molecule has 0 radical (unpaired) electrons. The van der Waals surface area contributed by atoms with Crippen molar-refractivity contribution in [1.29, 1.82) is 0 Å². The van der Waals surface area contributed by atoms with E-state index in [1.165, 1.54) is 11.8 Å². The SMILES string of the molecule is Cc1cc(C)nc(SCC(=O)C(C)(C)C)n1. The number of carbonyl (C=O) groups is 1. The lowest BCUT2D eigenvalue weighted by atomic mass is 9.92. The molecule has 0 unspecified atom stereocenters. The molecular weight excluding hydrogens is 220 g/mol. The molecule has 3 nitrogen and oxygen atoms in total. The second-order valence-electron chi connectivity index (χ2n) is 4.90. The average Bonchev–Trinajstić information content (AvgIpc) is 2.11. The molecule has 0 fully saturated rings. The monoisotopic (exact) mass is 238 g/mol. The Balaban J connectivity index is 2.65. The van der Waals surface area contributed by atoms with Crippen molar-refractivity contribution in [2.75, 3.05) is 5.75 Å². The zero-order chi connectivity index (χ0) is 12.3. The lowest BCUT2D eigenvalue weighted by Gasteiger charge is -2.15. The van der Waals surface area contributed by atoms with E-state index in [9.17, 15) is 4.79 Å². The molecule has 0 saturated heterocycles. The number of rotatable bonds is 3. The number of aryl methyl sites for hydroxylation is 2. The van der Waals surface area contributed by atoms with E-state index in [2.05, 4.69) is 9.97 Å². The number of ketones is 1. The van der Waals surface area contributed by atoms with Crippen molar-refractivity contribution in [3.63, 3.8) is 0 Å². The molecule has 0 amide bonds. The van der Waals surface area contributed by atoms with Crippen LogP contribution in [0.15, 0.2) is 11.2 Å². The molecule has 1 aromatic rings. The minimum absolute atomic E-state index is 0.222. The largest absolute Gasteiger partial charge is 0.298 e. The van der Waals surface area contributed by atoms with E-state index in [-0.39, 0.29) is 11.2 Å². The molecule has 0 saturated carbocycles. The lowest BCUT2D eigenvalue weighted by Crippen LogP contribution is -2.22. The van der Waals surface area contributed by atoms with Crippen LogP contribution in [0.25, 0.3) is 0 Å². The highest BCUT2D eigenvalue weighted by Crippen LogP contribution is 2.21. The van der Waals surface area contributed by atoms with Crippen molar-refractivity contribution in [1.82, 2.24) is 9.97 Å². The number of hydrogen-bond donors (Lipinski definition) is 0. The van der Waals surface area contributed by atoms with Gasteiger partial charge in [0.1, 0.15) is 5.78 Å². The first kappa shape index (κ1) is 13.2. The van der Waals surface area contributed by atoms with Gasteiger partial charge < -0.3 is 0 Å². The van der Waals surface area contributed by atoms with E-state index in [4.69, 9.17) is 0 Å². The maximum Gasteiger partial charge on any atom is 0.188 e. The molecule has 4 heteroatoms. The Bertz CT molecular complexity index is 376. The van der Waals surface area contributed by atoms with Gasteiger partial charge in [-0.15, -0.1) is 0 Å². The van der Waals surface area contributed by atoms with Crippen LogP contribution in [0, 0.1) is 19.3 Å². The molecule has 16 heavy (non-hydrogen) atoms. The number of nitrogens with zero attached hydrogens (tertiary/aromatic N) is 2. The summed E-state index contributed by atoms with van der Waals surface area (Å²) in [6.07, 6.45) is 0. The van der Waals surface area contributed by atoms with Crippen LogP contribution in [0.5, 0.6) is 0 Å². The van der Waals surface area contributed by atoms with E-state index in [0.29, 0.717) is 10.9 Å². The van der Waals surface area contributed by atoms with Gasteiger partial charge in [0.25, 0.3) is 0 Å². The molecule has 0 aliphatic heterocycles. The Morgan fingerprint density at radius 1 is 1.25 bits per heavy atom. The quantitative estimate of drug-likeness (QED) is 0.600. The summed E-state index contributed by atoms with van der Waals surface area (Å²) in [5.74, 6) is 0.659. The summed E-state index contributed by atoms with van der Waals surface area (Å²) in [4.78, 5) is 20.3. The van der Waals surface area contributed by atoms with Crippen LogP contribution in [-0.2, 0) is 4.79 Å². The van der Waals surface area contributed by atoms with Gasteiger partial charge in [-0.3, -0.25) is 4.79 Å². The topological polar surface area (TPSA) is 42.9 Å². The molecule has 0 aliphatic rings. The lowest BCUT2D eigenvalue weighted by molar-refractivity contribution is -0.123. The zero-order valence-electron chi connectivity index (χ0n) is 10.5. The summed E-state index contributed by atoms with van der Waals surface area (Å²) in [6, 6.07) is 1.93. The molecule has 1 aromatic heterocycles. The van der Waals surface area contributed by atoms with Gasteiger partial charge in [-0.25, -0.2) is 9.97 Å². The second kappa shape index (κ2) is 4.95. The standard InChI is InChI=1S/C12H18N2OS/c1-8-6-9(2)14-11(13-8)16-7-10(15)12(3,4)5/h6H,7H2,1-5H3. The van der Waals surface area contributed by atoms with Gasteiger partial charge in [0.2, 0.25) is 0 Å². The molecule has 88 valence electrons. The molecule has 1 rings (SSSR count). The highest BCUT2D eigenvalue weighted by atomic mass is 32.2.